The van der Waals surface area contributed by atoms with Gasteiger partial charge in [-0.3, -0.25) is 4.79 Å². The topological polar surface area (TPSA) is 45.2 Å². The summed E-state index contributed by atoms with van der Waals surface area (Å²) in [6.45, 7) is 4.48. The first-order valence-electron chi connectivity index (χ1n) is 10.3. The average Bonchev–Trinajstić information content (AvgIpc) is 2.79. The highest BCUT2D eigenvalue weighted by Crippen LogP contribution is 2.23. The molecule has 154 valence electrons. The molecule has 4 nitrogen and oxygen atoms in total. The lowest BCUT2D eigenvalue weighted by molar-refractivity contribution is -0.118. The van der Waals surface area contributed by atoms with Gasteiger partial charge in [0.2, 0.25) is 5.91 Å². The first-order chi connectivity index (χ1) is 14.7. The molecule has 0 atom stereocenters. The quantitative estimate of drug-likeness (QED) is 0.615. The molecule has 3 aromatic rings. The fraction of sp³-hybridized carbons (Fsp3) is 0.280. The SMILES string of the molecule is Cc1ccc(CSCC(=O)NCc2ccc(N3CCc4ccccc4C3)nc2)cc1. The molecule has 0 fully saturated rings. The number of fused-ring (bicyclic) bond motifs is 1. The van der Waals surface area contributed by atoms with Gasteiger partial charge < -0.3 is 10.2 Å². The summed E-state index contributed by atoms with van der Waals surface area (Å²) in [7, 11) is 0. The highest BCUT2D eigenvalue weighted by molar-refractivity contribution is 7.99. The molecule has 0 bridgehead atoms. The molecule has 0 radical (unpaired) electrons. The van der Waals surface area contributed by atoms with Gasteiger partial charge in [-0.05, 0) is 41.7 Å². The molecule has 1 aromatic heterocycles. The Bertz CT molecular complexity index is 986. The Labute approximate surface area is 182 Å². The third-order valence-electron chi connectivity index (χ3n) is 5.38. The minimum Gasteiger partial charge on any atom is -0.352 e. The molecule has 0 saturated carbocycles. The van der Waals surface area contributed by atoms with Crippen LogP contribution in [0, 0.1) is 6.92 Å². The number of nitrogens with zero attached hydrogens (tertiary/aromatic N) is 2. The van der Waals surface area contributed by atoms with Crippen LogP contribution in [0.4, 0.5) is 5.82 Å². The lowest BCUT2D eigenvalue weighted by atomic mass is 10.00. The summed E-state index contributed by atoms with van der Waals surface area (Å²) >= 11 is 1.64. The number of hydrogen-bond acceptors (Lipinski definition) is 4. The first-order valence-corrected chi connectivity index (χ1v) is 11.5. The third kappa shape index (κ3) is 5.42. The van der Waals surface area contributed by atoms with E-state index in [1.165, 1.54) is 22.3 Å². The summed E-state index contributed by atoms with van der Waals surface area (Å²) in [5.41, 5.74) is 6.34. The molecule has 0 spiro atoms. The predicted molar refractivity (Wildman–Crippen MR) is 125 cm³/mol. The highest BCUT2D eigenvalue weighted by Gasteiger charge is 2.16. The van der Waals surface area contributed by atoms with Crippen molar-refractivity contribution in [1.29, 1.82) is 0 Å². The average molecular weight is 418 g/mol. The number of hydrogen-bond donors (Lipinski definition) is 1. The molecule has 4 rings (SSSR count). The zero-order valence-corrected chi connectivity index (χ0v) is 18.1. The van der Waals surface area contributed by atoms with Gasteiger partial charge in [0, 0.05) is 31.6 Å². The highest BCUT2D eigenvalue weighted by atomic mass is 32.2. The number of pyridine rings is 1. The zero-order valence-electron chi connectivity index (χ0n) is 17.3. The largest absolute Gasteiger partial charge is 0.352 e. The van der Waals surface area contributed by atoms with Crippen molar-refractivity contribution in [2.24, 2.45) is 0 Å². The second-order valence-electron chi connectivity index (χ2n) is 7.72. The molecule has 2 heterocycles. The van der Waals surface area contributed by atoms with Crippen LogP contribution in [0.2, 0.25) is 0 Å². The second-order valence-corrected chi connectivity index (χ2v) is 8.71. The van der Waals surface area contributed by atoms with Crippen LogP contribution >= 0.6 is 11.8 Å². The number of thioether (sulfide) groups is 1. The van der Waals surface area contributed by atoms with Crippen LogP contribution in [0.15, 0.2) is 66.9 Å². The van der Waals surface area contributed by atoms with E-state index in [0.29, 0.717) is 12.3 Å². The predicted octanol–water partition coefficient (Wildman–Crippen LogP) is 4.50. The molecule has 1 amide bonds. The maximum Gasteiger partial charge on any atom is 0.230 e. The van der Waals surface area contributed by atoms with Crippen LogP contribution in [0.25, 0.3) is 0 Å². The number of benzene rings is 2. The number of anilines is 1. The van der Waals surface area contributed by atoms with Gasteiger partial charge in [-0.2, -0.15) is 0 Å². The van der Waals surface area contributed by atoms with E-state index in [-0.39, 0.29) is 5.91 Å². The number of aromatic nitrogens is 1. The van der Waals surface area contributed by atoms with Crippen LogP contribution in [0.1, 0.15) is 27.8 Å². The maximum absolute atomic E-state index is 12.1. The molecule has 0 saturated heterocycles. The number of rotatable bonds is 7. The minimum absolute atomic E-state index is 0.0591. The van der Waals surface area contributed by atoms with Crippen molar-refractivity contribution in [3.8, 4) is 0 Å². The molecule has 1 aliphatic rings. The minimum atomic E-state index is 0.0591. The molecule has 0 aliphatic carbocycles. The monoisotopic (exact) mass is 417 g/mol. The van der Waals surface area contributed by atoms with Gasteiger partial charge in [-0.1, -0.05) is 60.2 Å². The van der Waals surface area contributed by atoms with E-state index in [9.17, 15) is 4.79 Å². The number of amides is 1. The third-order valence-corrected chi connectivity index (χ3v) is 6.38. The lowest BCUT2D eigenvalue weighted by Gasteiger charge is -2.29. The first kappa shape index (κ1) is 20.5. The number of carbonyl (C=O) groups excluding carboxylic acids is 1. The van der Waals surface area contributed by atoms with Gasteiger partial charge >= 0.3 is 0 Å². The van der Waals surface area contributed by atoms with E-state index in [2.05, 4.69) is 82.8 Å². The van der Waals surface area contributed by atoms with E-state index in [4.69, 9.17) is 0 Å². The lowest BCUT2D eigenvalue weighted by Crippen LogP contribution is -2.31. The van der Waals surface area contributed by atoms with E-state index >= 15 is 0 Å². The van der Waals surface area contributed by atoms with Crippen LogP contribution in [-0.4, -0.2) is 23.2 Å². The Morgan fingerprint density at radius 3 is 2.57 bits per heavy atom. The Morgan fingerprint density at radius 2 is 1.80 bits per heavy atom. The van der Waals surface area contributed by atoms with Gasteiger partial charge in [-0.15, -0.1) is 11.8 Å². The van der Waals surface area contributed by atoms with E-state index in [0.717, 1.165) is 36.6 Å². The smallest absolute Gasteiger partial charge is 0.230 e. The van der Waals surface area contributed by atoms with Crippen molar-refractivity contribution in [3.63, 3.8) is 0 Å². The molecule has 5 heteroatoms. The summed E-state index contributed by atoms with van der Waals surface area (Å²) in [4.78, 5) is 19.1. The van der Waals surface area contributed by atoms with Gasteiger partial charge in [0.05, 0.1) is 5.75 Å². The Hall–Kier alpha value is -2.79. The summed E-state index contributed by atoms with van der Waals surface area (Å²) in [6.07, 6.45) is 2.92. The van der Waals surface area contributed by atoms with Crippen LogP contribution in [-0.2, 0) is 30.1 Å². The van der Waals surface area contributed by atoms with Gasteiger partial charge in [0.15, 0.2) is 0 Å². The van der Waals surface area contributed by atoms with Crippen LogP contribution < -0.4 is 10.2 Å². The molecule has 1 aliphatic heterocycles. The summed E-state index contributed by atoms with van der Waals surface area (Å²) in [5.74, 6) is 2.37. The summed E-state index contributed by atoms with van der Waals surface area (Å²) in [5, 5.41) is 2.99. The zero-order chi connectivity index (χ0) is 20.8. The summed E-state index contributed by atoms with van der Waals surface area (Å²) < 4.78 is 0. The van der Waals surface area contributed by atoms with E-state index in [1.54, 1.807) is 11.8 Å². The molecular formula is C25H27N3OS. The molecule has 1 N–H and O–H groups in total. The van der Waals surface area contributed by atoms with E-state index in [1.807, 2.05) is 6.20 Å². The fourth-order valence-corrected chi connectivity index (χ4v) is 4.41. The fourth-order valence-electron chi connectivity index (χ4n) is 3.60. The van der Waals surface area contributed by atoms with E-state index < -0.39 is 0 Å². The van der Waals surface area contributed by atoms with Crippen molar-refractivity contribution in [2.75, 3.05) is 17.2 Å². The number of nitrogens with one attached hydrogen (secondary N) is 1. The van der Waals surface area contributed by atoms with Crippen molar-refractivity contribution in [3.05, 3.63) is 94.7 Å². The Balaban J connectivity index is 1.22. The van der Waals surface area contributed by atoms with Crippen molar-refractivity contribution < 1.29 is 4.79 Å². The number of aryl methyl sites for hydroxylation is 1. The molecular weight excluding hydrogens is 390 g/mol. The standard InChI is InChI=1S/C25H27N3OS/c1-19-6-8-20(9-7-19)17-30-18-25(29)27-15-21-10-11-24(26-14-21)28-13-12-22-4-2-3-5-23(22)16-28/h2-11,14H,12-13,15-18H2,1H3,(H,27,29). The molecule has 0 unspecified atom stereocenters. The Morgan fingerprint density at radius 1 is 1.03 bits per heavy atom. The van der Waals surface area contributed by atoms with Crippen molar-refractivity contribution in [2.45, 2.75) is 32.2 Å². The number of carbonyl (C=O) groups is 1. The second kappa shape index (κ2) is 9.81. The Kier molecular flexibility index (Phi) is 6.70. The summed E-state index contributed by atoms with van der Waals surface area (Å²) in [6, 6.07) is 21.2. The van der Waals surface area contributed by atoms with Gasteiger partial charge in [0.1, 0.15) is 5.82 Å². The molecule has 30 heavy (non-hydrogen) atoms. The maximum atomic E-state index is 12.1. The molecule has 2 aromatic carbocycles. The van der Waals surface area contributed by atoms with Crippen molar-refractivity contribution >= 4 is 23.5 Å². The van der Waals surface area contributed by atoms with Crippen LogP contribution in [0.5, 0.6) is 0 Å². The van der Waals surface area contributed by atoms with Gasteiger partial charge in [0.25, 0.3) is 0 Å². The van der Waals surface area contributed by atoms with Crippen LogP contribution in [0.3, 0.4) is 0 Å². The normalized spacial score (nSPS) is 13.0. The van der Waals surface area contributed by atoms with Crippen molar-refractivity contribution in [1.82, 2.24) is 10.3 Å². The van der Waals surface area contributed by atoms with Gasteiger partial charge in [-0.25, -0.2) is 4.98 Å².